The molecule has 132 valence electrons. The number of aryl methyl sites for hydroxylation is 2. The van der Waals surface area contributed by atoms with E-state index in [-0.39, 0.29) is 17.7 Å². The van der Waals surface area contributed by atoms with Gasteiger partial charge in [0.1, 0.15) is 5.69 Å². The molecule has 1 saturated heterocycles. The number of hydrogen-bond acceptors (Lipinski definition) is 3. The van der Waals surface area contributed by atoms with E-state index in [0.29, 0.717) is 12.3 Å². The fraction of sp³-hybridized carbons (Fsp3) is 0.368. The molecule has 2 amide bonds. The third-order valence-electron chi connectivity index (χ3n) is 4.50. The Hall–Kier alpha value is -2.60. The standard InChI is InChI=1S/C19H23N3O3/c1-13-10-11-22(2)18(23)16(13)20-19(24)21-17(15-9-6-12-25-15)14-7-4-3-5-8-14/h3-5,7-8,10-11,15,17H,6,9,12H2,1-2H3,(H2,20,21,24)/t15-,17+/m0/s1. The summed E-state index contributed by atoms with van der Waals surface area (Å²) in [5, 5.41) is 5.68. The van der Waals surface area contributed by atoms with Crippen molar-refractivity contribution in [3.63, 3.8) is 0 Å². The van der Waals surface area contributed by atoms with Crippen molar-refractivity contribution in [2.45, 2.75) is 31.9 Å². The summed E-state index contributed by atoms with van der Waals surface area (Å²) in [6.45, 7) is 2.50. The Morgan fingerprint density at radius 1 is 1.28 bits per heavy atom. The lowest BCUT2D eigenvalue weighted by atomic mass is 9.99. The molecule has 1 aliphatic heterocycles. The molecule has 6 nitrogen and oxygen atoms in total. The molecule has 25 heavy (non-hydrogen) atoms. The van der Waals surface area contributed by atoms with Crippen molar-refractivity contribution >= 4 is 11.7 Å². The highest BCUT2D eigenvalue weighted by atomic mass is 16.5. The molecule has 1 aromatic heterocycles. The van der Waals surface area contributed by atoms with Gasteiger partial charge in [-0.2, -0.15) is 0 Å². The van der Waals surface area contributed by atoms with Crippen molar-refractivity contribution < 1.29 is 9.53 Å². The maximum Gasteiger partial charge on any atom is 0.319 e. The van der Waals surface area contributed by atoms with Gasteiger partial charge in [-0.1, -0.05) is 30.3 Å². The van der Waals surface area contributed by atoms with Gasteiger partial charge in [0.15, 0.2) is 0 Å². The quantitative estimate of drug-likeness (QED) is 0.898. The molecule has 0 saturated carbocycles. The number of hydrogen-bond donors (Lipinski definition) is 2. The van der Waals surface area contributed by atoms with Gasteiger partial charge in [0.25, 0.3) is 5.56 Å². The number of rotatable bonds is 4. The smallest absolute Gasteiger partial charge is 0.319 e. The normalized spacial score (nSPS) is 17.9. The van der Waals surface area contributed by atoms with E-state index in [1.165, 1.54) is 4.57 Å². The Morgan fingerprint density at radius 3 is 2.72 bits per heavy atom. The van der Waals surface area contributed by atoms with E-state index >= 15 is 0 Å². The third-order valence-corrected chi connectivity index (χ3v) is 4.50. The number of carbonyl (C=O) groups is 1. The summed E-state index contributed by atoms with van der Waals surface area (Å²) >= 11 is 0. The summed E-state index contributed by atoms with van der Waals surface area (Å²) in [6.07, 6.45) is 3.49. The van der Waals surface area contributed by atoms with Gasteiger partial charge in [0, 0.05) is 19.9 Å². The van der Waals surface area contributed by atoms with E-state index in [1.807, 2.05) is 30.3 Å². The molecule has 0 unspecified atom stereocenters. The number of carbonyl (C=O) groups excluding carboxylic acids is 1. The summed E-state index contributed by atoms with van der Waals surface area (Å²) in [6, 6.07) is 10.9. The van der Waals surface area contributed by atoms with Crippen LogP contribution in [0.2, 0.25) is 0 Å². The average molecular weight is 341 g/mol. The van der Waals surface area contributed by atoms with E-state index in [9.17, 15) is 9.59 Å². The number of nitrogens with zero attached hydrogens (tertiary/aromatic N) is 1. The van der Waals surface area contributed by atoms with Crippen LogP contribution in [0, 0.1) is 6.92 Å². The summed E-state index contributed by atoms with van der Waals surface area (Å²) in [7, 11) is 1.66. The molecule has 3 rings (SSSR count). The van der Waals surface area contributed by atoms with Crippen LogP contribution in [0.15, 0.2) is 47.4 Å². The van der Waals surface area contributed by atoms with Crippen molar-refractivity contribution in [1.82, 2.24) is 9.88 Å². The highest BCUT2D eigenvalue weighted by Crippen LogP contribution is 2.27. The Labute approximate surface area is 146 Å². The number of aromatic nitrogens is 1. The predicted octanol–water partition coefficient (Wildman–Crippen LogP) is 2.74. The molecule has 2 atom stereocenters. The van der Waals surface area contributed by atoms with Crippen LogP contribution in [0.25, 0.3) is 0 Å². The molecular formula is C19H23N3O3. The fourth-order valence-corrected chi connectivity index (χ4v) is 3.08. The van der Waals surface area contributed by atoms with Crippen LogP contribution in [0.3, 0.4) is 0 Å². The van der Waals surface area contributed by atoms with Crippen molar-refractivity contribution in [2.75, 3.05) is 11.9 Å². The zero-order valence-corrected chi connectivity index (χ0v) is 14.5. The second kappa shape index (κ2) is 7.53. The Bertz CT molecular complexity index is 795. The minimum absolute atomic E-state index is 0.0622. The molecule has 6 heteroatoms. The number of anilines is 1. The number of urea groups is 1. The second-order valence-corrected chi connectivity index (χ2v) is 6.33. The molecular weight excluding hydrogens is 318 g/mol. The zero-order valence-electron chi connectivity index (χ0n) is 14.5. The monoisotopic (exact) mass is 341 g/mol. The van der Waals surface area contributed by atoms with Gasteiger partial charge in [-0.15, -0.1) is 0 Å². The third kappa shape index (κ3) is 3.91. The maximum atomic E-state index is 12.5. The molecule has 0 radical (unpaired) electrons. The van der Waals surface area contributed by atoms with Crippen molar-refractivity contribution in [3.8, 4) is 0 Å². The van der Waals surface area contributed by atoms with E-state index < -0.39 is 6.03 Å². The molecule has 0 bridgehead atoms. The first-order chi connectivity index (χ1) is 12.1. The van der Waals surface area contributed by atoms with Gasteiger partial charge in [0.2, 0.25) is 0 Å². The first kappa shape index (κ1) is 17.2. The number of amides is 2. The van der Waals surface area contributed by atoms with Gasteiger partial charge < -0.3 is 19.9 Å². The molecule has 0 spiro atoms. The van der Waals surface area contributed by atoms with Crippen molar-refractivity contribution in [2.24, 2.45) is 7.05 Å². The van der Waals surface area contributed by atoms with E-state index in [2.05, 4.69) is 10.6 Å². The number of benzene rings is 1. The second-order valence-electron chi connectivity index (χ2n) is 6.33. The number of pyridine rings is 1. The zero-order chi connectivity index (χ0) is 17.8. The van der Waals surface area contributed by atoms with Crippen LogP contribution >= 0.6 is 0 Å². The van der Waals surface area contributed by atoms with Gasteiger partial charge in [-0.3, -0.25) is 4.79 Å². The predicted molar refractivity (Wildman–Crippen MR) is 96.7 cm³/mol. The van der Waals surface area contributed by atoms with Crippen LogP contribution < -0.4 is 16.2 Å². The molecule has 1 aromatic carbocycles. The Balaban J connectivity index is 1.79. The summed E-state index contributed by atoms with van der Waals surface area (Å²) in [4.78, 5) is 24.8. The highest BCUT2D eigenvalue weighted by molar-refractivity contribution is 5.90. The molecule has 2 aromatic rings. The molecule has 1 aliphatic rings. The maximum absolute atomic E-state index is 12.5. The van der Waals surface area contributed by atoms with Crippen LogP contribution in [0.5, 0.6) is 0 Å². The van der Waals surface area contributed by atoms with Gasteiger partial charge >= 0.3 is 6.03 Å². The lowest BCUT2D eigenvalue weighted by molar-refractivity contribution is 0.0815. The fourth-order valence-electron chi connectivity index (χ4n) is 3.08. The Morgan fingerprint density at radius 2 is 2.04 bits per heavy atom. The largest absolute Gasteiger partial charge is 0.376 e. The molecule has 1 fully saturated rings. The first-order valence-corrected chi connectivity index (χ1v) is 8.46. The lowest BCUT2D eigenvalue weighted by Gasteiger charge is -2.25. The van der Waals surface area contributed by atoms with E-state index in [1.54, 1.807) is 26.2 Å². The summed E-state index contributed by atoms with van der Waals surface area (Å²) < 4.78 is 7.22. The van der Waals surface area contributed by atoms with Crippen molar-refractivity contribution in [1.29, 1.82) is 0 Å². The van der Waals surface area contributed by atoms with Crippen LogP contribution in [0.4, 0.5) is 10.5 Å². The molecule has 0 aliphatic carbocycles. The van der Waals surface area contributed by atoms with Gasteiger partial charge in [0.05, 0.1) is 12.1 Å². The molecule has 2 N–H and O–H groups in total. The van der Waals surface area contributed by atoms with E-state index in [4.69, 9.17) is 4.74 Å². The summed E-state index contributed by atoms with van der Waals surface area (Å²) in [5.74, 6) is 0. The topological polar surface area (TPSA) is 72.4 Å². The summed E-state index contributed by atoms with van der Waals surface area (Å²) in [5.41, 5.74) is 1.78. The minimum atomic E-state index is -0.407. The average Bonchev–Trinajstić information content (AvgIpc) is 3.15. The number of nitrogens with one attached hydrogen (secondary N) is 2. The Kier molecular flexibility index (Phi) is 5.19. The van der Waals surface area contributed by atoms with Gasteiger partial charge in [-0.25, -0.2) is 4.79 Å². The first-order valence-electron chi connectivity index (χ1n) is 8.46. The van der Waals surface area contributed by atoms with E-state index in [0.717, 1.165) is 24.0 Å². The molecule has 2 heterocycles. The van der Waals surface area contributed by atoms with Crippen LogP contribution in [-0.4, -0.2) is 23.3 Å². The minimum Gasteiger partial charge on any atom is -0.376 e. The van der Waals surface area contributed by atoms with Crippen molar-refractivity contribution in [3.05, 3.63) is 64.1 Å². The SMILES string of the molecule is Cc1ccn(C)c(=O)c1NC(=O)N[C@H](c1ccccc1)[C@@H]1CCCO1. The highest BCUT2D eigenvalue weighted by Gasteiger charge is 2.29. The lowest BCUT2D eigenvalue weighted by Crippen LogP contribution is -2.40. The van der Waals surface area contributed by atoms with Gasteiger partial charge in [-0.05, 0) is 37.0 Å². The number of ether oxygens (including phenoxy) is 1. The van der Waals surface area contributed by atoms with Crippen LogP contribution in [0.1, 0.15) is 30.0 Å². The van der Waals surface area contributed by atoms with Crippen LogP contribution in [-0.2, 0) is 11.8 Å².